The summed E-state index contributed by atoms with van der Waals surface area (Å²) in [5, 5.41) is 3.06. The molecule has 0 fully saturated rings. The van der Waals surface area contributed by atoms with Crippen molar-refractivity contribution in [2.45, 2.75) is 26.4 Å². The first-order chi connectivity index (χ1) is 9.65. The molecule has 4 nitrogen and oxygen atoms in total. The maximum atomic E-state index is 11.1. The van der Waals surface area contributed by atoms with Crippen LogP contribution in [0.4, 0.5) is 0 Å². The van der Waals surface area contributed by atoms with Gasteiger partial charge >= 0.3 is 0 Å². The van der Waals surface area contributed by atoms with Gasteiger partial charge in [-0.15, -0.1) is 11.3 Å². The van der Waals surface area contributed by atoms with Crippen LogP contribution in [0.1, 0.15) is 40.8 Å². The first-order valence-corrected chi connectivity index (χ1v) is 7.23. The van der Waals surface area contributed by atoms with E-state index < -0.39 is 0 Å². The topological polar surface area (TPSA) is 48.4 Å². The minimum Gasteiger partial charge on any atom is -0.493 e. The molecule has 1 aromatic heterocycles. The zero-order chi connectivity index (χ0) is 14.5. The van der Waals surface area contributed by atoms with Crippen molar-refractivity contribution in [1.82, 2.24) is 4.98 Å². The zero-order valence-corrected chi connectivity index (χ0v) is 12.6. The van der Waals surface area contributed by atoms with Crippen molar-refractivity contribution in [3.05, 3.63) is 39.8 Å². The van der Waals surface area contributed by atoms with Crippen LogP contribution in [0.3, 0.4) is 0 Å². The van der Waals surface area contributed by atoms with Crippen LogP contribution < -0.4 is 9.47 Å². The number of ether oxygens (including phenoxy) is 2. The van der Waals surface area contributed by atoms with Crippen LogP contribution in [0, 0.1) is 0 Å². The molecule has 0 atom stereocenters. The Labute approximate surface area is 122 Å². The Kier molecular flexibility index (Phi) is 4.74. The maximum Gasteiger partial charge on any atom is 0.172 e. The number of aromatic nitrogens is 1. The number of rotatable bonds is 6. The second kappa shape index (κ2) is 6.52. The predicted molar refractivity (Wildman–Crippen MR) is 78.9 cm³/mol. The van der Waals surface area contributed by atoms with Gasteiger partial charge in [0.2, 0.25) is 0 Å². The van der Waals surface area contributed by atoms with E-state index in [1.54, 1.807) is 36.6 Å². The monoisotopic (exact) mass is 291 g/mol. The number of hydrogen-bond acceptors (Lipinski definition) is 5. The smallest absolute Gasteiger partial charge is 0.172 e. The van der Waals surface area contributed by atoms with Crippen molar-refractivity contribution in [2.75, 3.05) is 7.11 Å². The quantitative estimate of drug-likeness (QED) is 0.762. The molecule has 0 bridgehead atoms. The number of thiazole rings is 1. The number of hydrogen-bond donors (Lipinski definition) is 0. The SMILES string of the molecule is COc1cccc(C=O)c1OCc1csc(C(C)C)n1. The van der Waals surface area contributed by atoms with E-state index in [4.69, 9.17) is 9.47 Å². The summed E-state index contributed by atoms with van der Waals surface area (Å²) in [6, 6.07) is 5.23. The zero-order valence-electron chi connectivity index (χ0n) is 11.8. The minimum atomic E-state index is 0.324. The molecule has 0 saturated carbocycles. The largest absolute Gasteiger partial charge is 0.493 e. The molecule has 0 saturated heterocycles. The first kappa shape index (κ1) is 14.5. The molecule has 0 amide bonds. The number of carbonyl (C=O) groups is 1. The number of methoxy groups -OCH3 is 1. The molecule has 0 spiro atoms. The summed E-state index contributed by atoms with van der Waals surface area (Å²) >= 11 is 1.62. The standard InChI is InChI=1S/C15H17NO3S/c1-10(2)15-16-12(9-20-15)8-19-14-11(7-17)5-4-6-13(14)18-3/h4-7,9-10H,8H2,1-3H3. The lowest BCUT2D eigenvalue weighted by Crippen LogP contribution is -2.01. The molecule has 20 heavy (non-hydrogen) atoms. The minimum absolute atomic E-state index is 0.324. The van der Waals surface area contributed by atoms with E-state index in [1.165, 1.54) is 0 Å². The molecule has 0 aliphatic rings. The van der Waals surface area contributed by atoms with Gasteiger partial charge in [0.05, 0.1) is 23.4 Å². The average molecular weight is 291 g/mol. The first-order valence-electron chi connectivity index (χ1n) is 6.35. The number of aldehydes is 1. The number of para-hydroxylation sites is 1. The maximum absolute atomic E-state index is 11.1. The van der Waals surface area contributed by atoms with E-state index in [2.05, 4.69) is 18.8 Å². The van der Waals surface area contributed by atoms with Crippen LogP contribution in [0.5, 0.6) is 11.5 Å². The van der Waals surface area contributed by atoms with E-state index in [9.17, 15) is 4.79 Å². The van der Waals surface area contributed by atoms with Crippen molar-refractivity contribution >= 4 is 17.6 Å². The Morgan fingerprint density at radius 2 is 2.20 bits per heavy atom. The van der Waals surface area contributed by atoms with E-state index in [0.29, 0.717) is 29.6 Å². The molecule has 0 aliphatic carbocycles. The molecule has 1 aromatic carbocycles. The molecule has 0 unspecified atom stereocenters. The van der Waals surface area contributed by atoms with Gasteiger partial charge in [-0.05, 0) is 12.1 Å². The molecular formula is C15H17NO3S. The molecule has 1 heterocycles. The van der Waals surface area contributed by atoms with Crippen LogP contribution in [-0.4, -0.2) is 18.4 Å². The molecule has 5 heteroatoms. The predicted octanol–water partition coefficient (Wildman–Crippen LogP) is 3.67. The van der Waals surface area contributed by atoms with Crippen molar-refractivity contribution in [3.8, 4) is 11.5 Å². The molecule has 0 aliphatic heterocycles. The van der Waals surface area contributed by atoms with Crippen LogP contribution in [-0.2, 0) is 6.61 Å². The van der Waals surface area contributed by atoms with Crippen molar-refractivity contribution in [1.29, 1.82) is 0 Å². The molecule has 0 radical (unpaired) electrons. The van der Waals surface area contributed by atoms with Gasteiger partial charge in [0.1, 0.15) is 6.61 Å². The lowest BCUT2D eigenvalue weighted by Gasteiger charge is -2.11. The normalized spacial score (nSPS) is 10.6. The Bertz CT molecular complexity index is 593. The fraction of sp³-hybridized carbons (Fsp3) is 0.333. The van der Waals surface area contributed by atoms with Crippen LogP contribution >= 0.6 is 11.3 Å². The Morgan fingerprint density at radius 1 is 1.40 bits per heavy atom. The lowest BCUT2D eigenvalue weighted by molar-refractivity contribution is 0.111. The van der Waals surface area contributed by atoms with Crippen molar-refractivity contribution in [2.24, 2.45) is 0 Å². The number of carbonyl (C=O) groups excluding carboxylic acids is 1. The summed E-state index contributed by atoms with van der Waals surface area (Å²) in [4.78, 5) is 15.6. The Morgan fingerprint density at radius 3 is 2.80 bits per heavy atom. The third kappa shape index (κ3) is 3.17. The number of nitrogens with zero attached hydrogens (tertiary/aromatic N) is 1. The van der Waals surface area contributed by atoms with E-state index in [1.807, 2.05) is 5.38 Å². The fourth-order valence-corrected chi connectivity index (χ4v) is 2.56. The molecule has 2 rings (SSSR count). The highest BCUT2D eigenvalue weighted by Gasteiger charge is 2.12. The van der Waals surface area contributed by atoms with Crippen LogP contribution in [0.25, 0.3) is 0 Å². The summed E-state index contributed by atoms with van der Waals surface area (Å²) in [6.07, 6.45) is 0.762. The van der Waals surface area contributed by atoms with Gasteiger partial charge in [0.15, 0.2) is 17.8 Å². The average Bonchev–Trinajstić information content (AvgIpc) is 2.93. The molecular weight excluding hydrogens is 274 g/mol. The molecule has 0 N–H and O–H groups in total. The van der Waals surface area contributed by atoms with Crippen LogP contribution in [0.2, 0.25) is 0 Å². The second-order valence-electron chi connectivity index (χ2n) is 4.62. The van der Waals surface area contributed by atoms with E-state index in [0.717, 1.165) is 17.0 Å². The summed E-state index contributed by atoms with van der Waals surface area (Å²) in [5.74, 6) is 1.42. The Hall–Kier alpha value is -1.88. The fourth-order valence-electron chi connectivity index (χ4n) is 1.74. The highest BCUT2D eigenvalue weighted by Crippen LogP contribution is 2.31. The Balaban J connectivity index is 2.15. The van der Waals surface area contributed by atoms with E-state index in [-0.39, 0.29) is 0 Å². The van der Waals surface area contributed by atoms with Gasteiger partial charge in [-0.1, -0.05) is 19.9 Å². The summed E-state index contributed by atoms with van der Waals surface area (Å²) in [5.41, 5.74) is 1.34. The van der Waals surface area contributed by atoms with Gasteiger partial charge in [-0.3, -0.25) is 4.79 Å². The number of benzene rings is 1. The van der Waals surface area contributed by atoms with Crippen molar-refractivity contribution < 1.29 is 14.3 Å². The lowest BCUT2D eigenvalue weighted by atomic mass is 10.2. The van der Waals surface area contributed by atoms with E-state index >= 15 is 0 Å². The van der Waals surface area contributed by atoms with Crippen LogP contribution in [0.15, 0.2) is 23.6 Å². The van der Waals surface area contributed by atoms with Gasteiger partial charge in [-0.2, -0.15) is 0 Å². The summed E-state index contributed by atoms with van der Waals surface area (Å²) < 4.78 is 10.9. The van der Waals surface area contributed by atoms with Gasteiger partial charge < -0.3 is 9.47 Å². The highest BCUT2D eigenvalue weighted by molar-refractivity contribution is 7.09. The summed E-state index contributed by atoms with van der Waals surface area (Å²) in [6.45, 7) is 4.53. The third-order valence-electron chi connectivity index (χ3n) is 2.78. The highest BCUT2D eigenvalue weighted by atomic mass is 32.1. The van der Waals surface area contributed by atoms with Crippen molar-refractivity contribution in [3.63, 3.8) is 0 Å². The molecule has 106 valence electrons. The van der Waals surface area contributed by atoms with Gasteiger partial charge in [-0.25, -0.2) is 4.98 Å². The summed E-state index contributed by atoms with van der Waals surface area (Å²) in [7, 11) is 1.55. The molecule has 2 aromatic rings. The van der Waals surface area contributed by atoms with Gasteiger partial charge in [0.25, 0.3) is 0 Å². The van der Waals surface area contributed by atoms with Gasteiger partial charge in [0, 0.05) is 11.3 Å². The third-order valence-corrected chi connectivity index (χ3v) is 3.98. The second-order valence-corrected chi connectivity index (χ2v) is 5.51.